The van der Waals surface area contributed by atoms with Crippen molar-refractivity contribution >= 4 is 5.97 Å². The summed E-state index contributed by atoms with van der Waals surface area (Å²) in [6.45, 7) is 7.10. The molecule has 0 aromatic heterocycles. The number of esters is 1. The third kappa shape index (κ3) is 4.15. The zero-order chi connectivity index (χ0) is 13.5. The number of ether oxygens (including phenoxy) is 1. The van der Waals surface area contributed by atoms with E-state index in [1.165, 1.54) is 5.56 Å². The van der Waals surface area contributed by atoms with Gasteiger partial charge in [0.05, 0.1) is 12.5 Å². The van der Waals surface area contributed by atoms with Crippen LogP contribution in [0.15, 0.2) is 30.3 Å². The minimum atomic E-state index is -0.120. The normalized spacial score (nSPS) is 14.3. The average molecular weight is 249 g/mol. The van der Waals surface area contributed by atoms with Crippen molar-refractivity contribution in [3.63, 3.8) is 0 Å². The summed E-state index contributed by atoms with van der Waals surface area (Å²) in [5.41, 5.74) is 1.25. The highest BCUT2D eigenvalue weighted by molar-refractivity contribution is 5.72. The topological polar surface area (TPSA) is 29.5 Å². The van der Waals surface area contributed by atoms with E-state index in [-0.39, 0.29) is 17.9 Å². The number of hydrogen-bond acceptors (Lipinski definition) is 3. The Morgan fingerprint density at radius 1 is 1.28 bits per heavy atom. The minimum absolute atomic E-state index is 0.112. The first-order valence-electron chi connectivity index (χ1n) is 6.47. The molecule has 1 rings (SSSR count). The van der Waals surface area contributed by atoms with Gasteiger partial charge in [0.25, 0.3) is 0 Å². The van der Waals surface area contributed by atoms with Crippen molar-refractivity contribution in [2.45, 2.75) is 33.4 Å². The zero-order valence-electron chi connectivity index (χ0n) is 11.7. The van der Waals surface area contributed by atoms with Gasteiger partial charge in [-0.2, -0.15) is 0 Å². The average Bonchev–Trinajstić information content (AvgIpc) is 2.38. The van der Waals surface area contributed by atoms with E-state index < -0.39 is 0 Å². The van der Waals surface area contributed by atoms with Crippen molar-refractivity contribution in [3.05, 3.63) is 35.9 Å². The second-order valence-electron chi connectivity index (χ2n) is 4.68. The lowest BCUT2D eigenvalue weighted by Crippen LogP contribution is -2.38. The number of benzene rings is 1. The SMILES string of the molecule is CCOC(=O)C(C)C(C)N(C)Cc1ccccc1. The molecule has 0 saturated heterocycles. The molecule has 1 aromatic carbocycles. The van der Waals surface area contributed by atoms with Gasteiger partial charge in [-0.25, -0.2) is 0 Å². The molecular formula is C15H23NO2. The van der Waals surface area contributed by atoms with Gasteiger partial charge < -0.3 is 4.74 Å². The van der Waals surface area contributed by atoms with Crippen LogP contribution in [0.1, 0.15) is 26.3 Å². The van der Waals surface area contributed by atoms with E-state index in [2.05, 4.69) is 24.0 Å². The van der Waals surface area contributed by atoms with Crippen LogP contribution in [0.5, 0.6) is 0 Å². The number of nitrogens with zero attached hydrogens (tertiary/aromatic N) is 1. The van der Waals surface area contributed by atoms with Crippen LogP contribution in [-0.4, -0.2) is 30.6 Å². The Balaban J connectivity index is 2.55. The van der Waals surface area contributed by atoms with Crippen molar-refractivity contribution < 1.29 is 9.53 Å². The summed E-state index contributed by atoms with van der Waals surface area (Å²) in [6, 6.07) is 10.4. The van der Waals surface area contributed by atoms with Crippen molar-refractivity contribution in [1.29, 1.82) is 0 Å². The van der Waals surface area contributed by atoms with E-state index in [4.69, 9.17) is 4.74 Å². The monoisotopic (exact) mass is 249 g/mol. The summed E-state index contributed by atoms with van der Waals surface area (Å²) < 4.78 is 5.06. The second kappa shape index (κ2) is 7.17. The second-order valence-corrected chi connectivity index (χ2v) is 4.68. The molecule has 3 nitrogen and oxygen atoms in total. The van der Waals surface area contributed by atoms with Gasteiger partial charge in [0.1, 0.15) is 0 Å². The summed E-state index contributed by atoms with van der Waals surface area (Å²) in [5.74, 6) is -0.233. The zero-order valence-corrected chi connectivity index (χ0v) is 11.7. The van der Waals surface area contributed by atoms with E-state index in [1.54, 1.807) is 0 Å². The number of carbonyl (C=O) groups excluding carboxylic acids is 1. The molecule has 0 bridgehead atoms. The summed E-state index contributed by atoms with van der Waals surface area (Å²) in [5, 5.41) is 0. The number of carbonyl (C=O) groups is 1. The molecule has 3 heteroatoms. The van der Waals surface area contributed by atoms with Crippen molar-refractivity contribution in [3.8, 4) is 0 Å². The van der Waals surface area contributed by atoms with Gasteiger partial charge in [-0.3, -0.25) is 9.69 Å². The number of hydrogen-bond donors (Lipinski definition) is 0. The Hall–Kier alpha value is -1.35. The van der Waals surface area contributed by atoms with Crippen LogP contribution in [0.2, 0.25) is 0 Å². The highest BCUT2D eigenvalue weighted by Crippen LogP contribution is 2.14. The summed E-state index contributed by atoms with van der Waals surface area (Å²) in [7, 11) is 2.04. The van der Waals surface area contributed by atoms with E-state index in [9.17, 15) is 4.79 Å². The maximum Gasteiger partial charge on any atom is 0.310 e. The van der Waals surface area contributed by atoms with Gasteiger partial charge in [-0.15, -0.1) is 0 Å². The Bertz CT molecular complexity index is 364. The smallest absolute Gasteiger partial charge is 0.310 e. The lowest BCUT2D eigenvalue weighted by Gasteiger charge is -2.28. The van der Waals surface area contributed by atoms with Gasteiger partial charge in [0, 0.05) is 12.6 Å². The van der Waals surface area contributed by atoms with Crippen LogP contribution in [0.4, 0.5) is 0 Å². The van der Waals surface area contributed by atoms with Gasteiger partial charge >= 0.3 is 5.97 Å². The largest absolute Gasteiger partial charge is 0.466 e. The molecule has 0 N–H and O–H groups in total. The van der Waals surface area contributed by atoms with E-state index in [0.29, 0.717) is 6.61 Å². The summed E-state index contributed by atoms with van der Waals surface area (Å²) in [6.07, 6.45) is 0. The molecule has 100 valence electrons. The Morgan fingerprint density at radius 2 is 1.89 bits per heavy atom. The molecule has 1 aromatic rings. The molecule has 2 unspecified atom stereocenters. The molecule has 0 radical (unpaired) electrons. The van der Waals surface area contributed by atoms with Gasteiger partial charge in [-0.05, 0) is 26.5 Å². The predicted octanol–water partition coefficient (Wildman–Crippen LogP) is 2.71. The third-order valence-corrected chi connectivity index (χ3v) is 3.35. The first-order chi connectivity index (χ1) is 8.56. The van der Waals surface area contributed by atoms with Crippen molar-refractivity contribution in [1.82, 2.24) is 4.90 Å². The van der Waals surface area contributed by atoms with Crippen LogP contribution < -0.4 is 0 Å². The fourth-order valence-corrected chi connectivity index (χ4v) is 1.87. The summed E-state index contributed by atoms with van der Waals surface area (Å²) >= 11 is 0. The molecule has 0 spiro atoms. The van der Waals surface area contributed by atoms with Crippen LogP contribution in [0, 0.1) is 5.92 Å². The van der Waals surface area contributed by atoms with Crippen LogP contribution in [0.3, 0.4) is 0 Å². The van der Waals surface area contributed by atoms with Gasteiger partial charge in [-0.1, -0.05) is 37.3 Å². The van der Waals surface area contributed by atoms with Crippen LogP contribution >= 0.6 is 0 Å². The van der Waals surface area contributed by atoms with Crippen LogP contribution in [-0.2, 0) is 16.1 Å². The van der Waals surface area contributed by atoms with Crippen molar-refractivity contribution in [2.75, 3.05) is 13.7 Å². The number of rotatable bonds is 6. The molecule has 0 fully saturated rings. The maximum atomic E-state index is 11.7. The first kappa shape index (κ1) is 14.7. The predicted molar refractivity (Wildman–Crippen MR) is 73.2 cm³/mol. The van der Waals surface area contributed by atoms with Gasteiger partial charge in [0.15, 0.2) is 0 Å². The lowest BCUT2D eigenvalue weighted by atomic mass is 10.0. The highest BCUT2D eigenvalue weighted by Gasteiger charge is 2.24. The molecule has 0 aliphatic rings. The highest BCUT2D eigenvalue weighted by atomic mass is 16.5. The maximum absolute atomic E-state index is 11.7. The third-order valence-electron chi connectivity index (χ3n) is 3.35. The van der Waals surface area contributed by atoms with Gasteiger partial charge in [0.2, 0.25) is 0 Å². The van der Waals surface area contributed by atoms with Crippen molar-refractivity contribution in [2.24, 2.45) is 5.92 Å². The minimum Gasteiger partial charge on any atom is -0.466 e. The molecule has 18 heavy (non-hydrogen) atoms. The quantitative estimate of drug-likeness (QED) is 0.726. The Morgan fingerprint density at radius 3 is 2.44 bits per heavy atom. The first-order valence-corrected chi connectivity index (χ1v) is 6.47. The van der Waals surface area contributed by atoms with E-state index >= 15 is 0 Å². The molecule has 0 amide bonds. The fourth-order valence-electron chi connectivity index (χ4n) is 1.87. The molecule has 0 aliphatic carbocycles. The standard InChI is InChI=1S/C15H23NO2/c1-5-18-15(17)12(2)13(3)16(4)11-14-9-7-6-8-10-14/h6-10,12-13H,5,11H2,1-4H3. The molecule has 2 atom stereocenters. The van der Waals surface area contributed by atoms with Crippen LogP contribution in [0.25, 0.3) is 0 Å². The fraction of sp³-hybridized carbons (Fsp3) is 0.533. The van der Waals surface area contributed by atoms with E-state index in [1.807, 2.05) is 39.1 Å². The van der Waals surface area contributed by atoms with E-state index in [0.717, 1.165) is 6.54 Å². The Kier molecular flexibility index (Phi) is 5.86. The lowest BCUT2D eigenvalue weighted by molar-refractivity contribution is -0.149. The Labute approximate surface area is 110 Å². The molecule has 0 heterocycles. The molecular weight excluding hydrogens is 226 g/mol. The molecule has 0 saturated carbocycles. The summed E-state index contributed by atoms with van der Waals surface area (Å²) in [4.78, 5) is 13.9. The molecule has 0 aliphatic heterocycles.